The zero-order chi connectivity index (χ0) is 12.3. The summed E-state index contributed by atoms with van der Waals surface area (Å²) in [4.78, 5) is 12.0. The molecule has 4 heteroatoms. The summed E-state index contributed by atoms with van der Waals surface area (Å²) in [7, 11) is 1.89. The maximum Gasteiger partial charge on any atom is 0.265 e. The number of amides is 1. The van der Waals surface area contributed by atoms with Crippen LogP contribution in [0.3, 0.4) is 0 Å². The molecule has 0 spiro atoms. The lowest BCUT2D eigenvalue weighted by Gasteiger charge is -2.30. The van der Waals surface area contributed by atoms with Gasteiger partial charge in [-0.3, -0.25) is 4.79 Å². The molecule has 4 nitrogen and oxygen atoms in total. The molecule has 1 aliphatic heterocycles. The summed E-state index contributed by atoms with van der Waals surface area (Å²) in [6.07, 6.45) is 0.503. The van der Waals surface area contributed by atoms with Crippen LogP contribution in [0.15, 0.2) is 24.3 Å². The molecule has 0 bridgehead atoms. The SMILES string of the molecule is CCC(CNC)C1Oc2ccccc2NC1=O. The Morgan fingerprint density at radius 3 is 2.94 bits per heavy atom. The first-order valence-electron chi connectivity index (χ1n) is 5.97. The number of anilines is 1. The third-order valence-electron chi connectivity index (χ3n) is 3.08. The van der Waals surface area contributed by atoms with Gasteiger partial charge < -0.3 is 15.4 Å². The smallest absolute Gasteiger partial charge is 0.265 e. The normalized spacial score (nSPS) is 20.1. The van der Waals surface area contributed by atoms with Crippen molar-refractivity contribution in [2.45, 2.75) is 19.4 Å². The van der Waals surface area contributed by atoms with E-state index in [0.29, 0.717) is 0 Å². The first kappa shape index (κ1) is 11.9. The van der Waals surface area contributed by atoms with Crippen molar-refractivity contribution in [3.05, 3.63) is 24.3 Å². The zero-order valence-electron chi connectivity index (χ0n) is 10.2. The Balaban J connectivity index is 2.19. The molecule has 2 rings (SSSR count). The lowest BCUT2D eigenvalue weighted by molar-refractivity contribution is -0.125. The van der Waals surface area contributed by atoms with Crippen LogP contribution in [0.25, 0.3) is 0 Å². The van der Waals surface area contributed by atoms with Crippen molar-refractivity contribution in [3.8, 4) is 5.75 Å². The van der Waals surface area contributed by atoms with Gasteiger partial charge in [-0.2, -0.15) is 0 Å². The Hall–Kier alpha value is -1.55. The summed E-state index contributed by atoms with van der Waals surface area (Å²) < 4.78 is 5.80. The van der Waals surface area contributed by atoms with Gasteiger partial charge in [-0.1, -0.05) is 19.1 Å². The largest absolute Gasteiger partial charge is 0.478 e. The van der Waals surface area contributed by atoms with E-state index in [1.54, 1.807) is 0 Å². The predicted molar refractivity (Wildman–Crippen MR) is 67.2 cm³/mol. The first-order chi connectivity index (χ1) is 8.26. The number of nitrogens with one attached hydrogen (secondary N) is 2. The Morgan fingerprint density at radius 1 is 1.47 bits per heavy atom. The van der Waals surface area contributed by atoms with Crippen LogP contribution in [0.2, 0.25) is 0 Å². The Morgan fingerprint density at radius 2 is 2.24 bits per heavy atom. The number of carbonyl (C=O) groups excluding carboxylic acids is 1. The second-order valence-corrected chi connectivity index (χ2v) is 4.25. The van der Waals surface area contributed by atoms with Gasteiger partial charge in [0, 0.05) is 12.5 Å². The van der Waals surface area contributed by atoms with Crippen molar-refractivity contribution in [3.63, 3.8) is 0 Å². The highest BCUT2D eigenvalue weighted by Crippen LogP contribution is 2.31. The molecule has 1 aromatic rings. The molecule has 1 aromatic carbocycles. The minimum Gasteiger partial charge on any atom is -0.478 e. The van der Waals surface area contributed by atoms with Crippen LogP contribution in [0.5, 0.6) is 5.75 Å². The van der Waals surface area contributed by atoms with Gasteiger partial charge in [0.15, 0.2) is 6.10 Å². The van der Waals surface area contributed by atoms with Gasteiger partial charge in [0.25, 0.3) is 5.91 Å². The molecule has 0 fully saturated rings. The number of benzene rings is 1. The van der Waals surface area contributed by atoms with Crippen LogP contribution >= 0.6 is 0 Å². The topological polar surface area (TPSA) is 50.4 Å². The zero-order valence-corrected chi connectivity index (χ0v) is 10.2. The molecule has 0 saturated carbocycles. The fraction of sp³-hybridized carbons (Fsp3) is 0.462. The van der Waals surface area contributed by atoms with Crippen molar-refractivity contribution in [1.29, 1.82) is 0 Å². The summed E-state index contributed by atoms with van der Waals surface area (Å²) >= 11 is 0. The number of fused-ring (bicyclic) bond motifs is 1. The molecule has 0 radical (unpaired) electrons. The maximum atomic E-state index is 12.0. The highest BCUT2D eigenvalue weighted by atomic mass is 16.5. The van der Waals surface area contributed by atoms with Gasteiger partial charge in [0.1, 0.15) is 5.75 Å². The highest BCUT2D eigenvalue weighted by Gasteiger charge is 2.33. The van der Waals surface area contributed by atoms with E-state index in [2.05, 4.69) is 17.6 Å². The van der Waals surface area contributed by atoms with E-state index in [-0.39, 0.29) is 11.8 Å². The summed E-state index contributed by atoms with van der Waals surface area (Å²) in [5.74, 6) is 0.894. The molecular weight excluding hydrogens is 216 g/mol. The van der Waals surface area contributed by atoms with Crippen LogP contribution in [0, 0.1) is 5.92 Å². The average Bonchev–Trinajstić information content (AvgIpc) is 2.35. The van der Waals surface area contributed by atoms with Crippen molar-refractivity contribution < 1.29 is 9.53 Å². The summed E-state index contributed by atoms with van der Waals surface area (Å²) in [6, 6.07) is 7.52. The van der Waals surface area contributed by atoms with Crippen molar-refractivity contribution >= 4 is 11.6 Å². The van der Waals surface area contributed by atoms with Crippen molar-refractivity contribution in [1.82, 2.24) is 5.32 Å². The van der Waals surface area contributed by atoms with Crippen molar-refractivity contribution in [2.75, 3.05) is 18.9 Å². The number of carbonyl (C=O) groups is 1. The van der Waals surface area contributed by atoms with Crippen molar-refractivity contribution in [2.24, 2.45) is 5.92 Å². The number of para-hydroxylation sites is 2. The average molecular weight is 234 g/mol. The molecular formula is C13H18N2O2. The Bertz CT molecular complexity index is 406. The molecule has 2 N–H and O–H groups in total. The molecule has 92 valence electrons. The molecule has 1 heterocycles. The molecule has 0 aliphatic carbocycles. The highest BCUT2D eigenvalue weighted by molar-refractivity contribution is 5.97. The van der Waals surface area contributed by atoms with E-state index in [9.17, 15) is 4.79 Å². The van der Waals surface area contributed by atoms with Crippen LogP contribution in [0.4, 0.5) is 5.69 Å². The third-order valence-corrected chi connectivity index (χ3v) is 3.08. The summed E-state index contributed by atoms with van der Waals surface area (Å²) in [6.45, 7) is 2.84. The van der Waals surface area contributed by atoms with E-state index in [0.717, 1.165) is 24.4 Å². The standard InChI is InChI=1S/C13H18N2O2/c1-3-9(8-14-2)12-13(16)15-10-6-4-5-7-11(10)17-12/h4-7,9,12,14H,3,8H2,1-2H3,(H,15,16). The monoisotopic (exact) mass is 234 g/mol. The fourth-order valence-electron chi connectivity index (χ4n) is 2.10. The second kappa shape index (κ2) is 5.19. The third kappa shape index (κ3) is 2.42. The molecule has 0 saturated heterocycles. The summed E-state index contributed by atoms with van der Waals surface area (Å²) in [5, 5.41) is 5.99. The van der Waals surface area contributed by atoms with Crippen LogP contribution < -0.4 is 15.4 Å². The molecule has 2 unspecified atom stereocenters. The van der Waals surface area contributed by atoms with Gasteiger partial charge in [-0.25, -0.2) is 0 Å². The van der Waals surface area contributed by atoms with E-state index in [4.69, 9.17) is 4.74 Å². The van der Waals surface area contributed by atoms with E-state index >= 15 is 0 Å². The predicted octanol–water partition coefficient (Wildman–Crippen LogP) is 1.63. The van der Waals surface area contributed by atoms with Gasteiger partial charge >= 0.3 is 0 Å². The van der Waals surface area contributed by atoms with Gasteiger partial charge in [0.05, 0.1) is 5.69 Å². The second-order valence-electron chi connectivity index (χ2n) is 4.25. The molecule has 17 heavy (non-hydrogen) atoms. The maximum absolute atomic E-state index is 12.0. The molecule has 2 atom stereocenters. The molecule has 1 aliphatic rings. The minimum absolute atomic E-state index is 0.0502. The molecule has 0 aromatic heterocycles. The van der Waals surface area contributed by atoms with Crippen LogP contribution in [-0.4, -0.2) is 25.6 Å². The van der Waals surface area contributed by atoms with Gasteiger partial charge in [-0.05, 0) is 25.6 Å². The Labute approximate surface area is 101 Å². The fourth-order valence-corrected chi connectivity index (χ4v) is 2.10. The van der Waals surface area contributed by atoms with Crippen LogP contribution in [0.1, 0.15) is 13.3 Å². The van der Waals surface area contributed by atoms with E-state index in [1.165, 1.54) is 0 Å². The number of ether oxygens (including phenoxy) is 1. The number of hydrogen-bond acceptors (Lipinski definition) is 3. The van der Waals surface area contributed by atoms with Gasteiger partial charge in [-0.15, -0.1) is 0 Å². The number of rotatable bonds is 4. The molecule has 1 amide bonds. The minimum atomic E-state index is -0.401. The number of hydrogen-bond donors (Lipinski definition) is 2. The lowest BCUT2D eigenvalue weighted by atomic mass is 9.97. The quantitative estimate of drug-likeness (QED) is 0.832. The van der Waals surface area contributed by atoms with Crippen LogP contribution in [-0.2, 0) is 4.79 Å². The van der Waals surface area contributed by atoms with E-state index < -0.39 is 6.10 Å². The van der Waals surface area contributed by atoms with Gasteiger partial charge in [0.2, 0.25) is 0 Å². The lowest BCUT2D eigenvalue weighted by Crippen LogP contribution is -2.45. The first-order valence-corrected chi connectivity index (χ1v) is 5.97. The van der Waals surface area contributed by atoms with E-state index in [1.807, 2.05) is 31.3 Å². The summed E-state index contributed by atoms with van der Waals surface area (Å²) in [5.41, 5.74) is 0.757. The Kier molecular flexibility index (Phi) is 3.64.